The zero-order valence-corrected chi connectivity index (χ0v) is 25.6. The number of halogens is 1. The third-order valence-corrected chi connectivity index (χ3v) is 8.09. The molecule has 0 N–H and O–H groups in total. The number of anilines is 2. The van der Waals surface area contributed by atoms with Crippen molar-refractivity contribution in [2.75, 3.05) is 42.5 Å². The maximum Gasteiger partial charge on any atom is 0.254 e. The van der Waals surface area contributed by atoms with Gasteiger partial charge in [0.2, 0.25) is 0 Å². The van der Waals surface area contributed by atoms with Crippen molar-refractivity contribution in [3.63, 3.8) is 0 Å². The summed E-state index contributed by atoms with van der Waals surface area (Å²) in [4.78, 5) is 29.2. The molecule has 1 atom stereocenters. The van der Waals surface area contributed by atoms with Crippen LogP contribution in [0.15, 0.2) is 60.8 Å². The fraction of sp³-hybridized carbons (Fsp3) is 0.455. The maximum atomic E-state index is 14.0. The van der Waals surface area contributed by atoms with Crippen LogP contribution in [0.25, 0.3) is 17.0 Å². The van der Waals surface area contributed by atoms with Crippen LogP contribution in [0.5, 0.6) is 0 Å². The molecule has 0 aliphatic carbocycles. The predicted molar refractivity (Wildman–Crippen MR) is 166 cm³/mol. The number of amides is 1. The zero-order chi connectivity index (χ0) is 30.4. The quantitative estimate of drug-likeness (QED) is 0.295. The van der Waals surface area contributed by atoms with Crippen LogP contribution in [-0.2, 0) is 9.53 Å². The molecule has 10 heteroatoms. The van der Waals surface area contributed by atoms with E-state index >= 15 is 0 Å². The molecule has 2 aliphatic rings. The van der Waals surface area contributed by atoms with Crippen LogP contribution in [0.4, 0.5) is 16.0 Å². The summed E-state index contributed by atoms with van der Waals surface area (Å²) in [5.41, 5.74) is 1.98. The average Bonchev–Trinajstić information content (AvgIpc) is 3.63. The highest BCUT2D eigenvalue weighted by Crippen LogP contribution is 2.36. The summed E-state index contributed by atoms with van der Waals surface area (Å²) in [6.45, 7) is 13.0. The second kappa shape index (κ2) is 11.2. The number of hydrogen-bond donors (Lipinski definition) is 0. The molecular weight excluding hydrogens is 545 g/mol. The van der Waals surface area contributed by atoms with E-state index in [0.29, 0.717) is 26.2 Å². The number of carbonyl (C=O) groups excluding carboxylic acids is 1. The fourth-order valence-electron chi connectivity index (χ4n) is 6.36. The summed E-state index contributed by atoms with van der Waals surface area (Å²) in [6, 6.07) is 16.9. The number of rotatable bonds is 6. The summed E-state index contributed by atoms with van der Waals surface area (Å²) >= 11 is 0. The largest absolute Gasteiger partial charge is 0.360 e. The van der Waals surface area contributed by atoms with Crippen LogP contribution in [0.2, 0.25) is 0 Å². The molecule has 4 aromatic rings. The fourth-order valence-corrected chi connectivity index (χ4v) is 6.36. The molecule has 0 radical (unpaired) electrons. The molecule has 1 amide bonds. The number of fused-ring (bicyclic) bond motifs is 1. The van der Waals surface area contributed by atoms with Gasteiger partial charge in [-0.1, -0.05) is 18.2 Å². The molecule has 2 fully saturated rings. The van der Waals surface area contributed by atoms with Crippen molar-refractivity contribution in [1.82, 2.24) is 24.5 Å². The van der Waals surface area contributed by atoms with Gasteiger partial charge in [-0.05, 0) is 89.4 Å². The van der Waals surface area contributed by atoms with E-state index in [-0.39, 0.29) is 17.8 Å². The van der Waals surface area contributed by atoms with Crippen molar-refractivity contribution in [2.24, 2.45) is 0 Å². The Bertz CT molecular complexity index is 1620. The van der Waals surface area contributed by atoms with Crippen LogP contribution in [0.1, 0.15) is 59.1 Å². The van der Waals surface area contributed by atoms with Crippen LogP contribution in [0, 0.1) is 5.82 Å². The van der Waals surface area contributed by atoms with Crippen LogP contribution in [-0.4, -0.2) is 74.3 Å². The minimum Gasteiger partial charge on any atom is -0.360 e. The van der Waals surface area contributed by atoms with E-state index in [1.54, 1.807) is 18.3 Å². The highest BCUT2D eigenvalue weighted by Gasteiger charge is 2.38. The maximum absolute atomic E-state index is 14.0. The molecule has 5 heterocycles. The van der Waals surface area contributed by atoms with E-state index in [0.717, 1.165) is 53.6 Å². The van der Waals surface area contributed by atoms with Gasteiger partial charge in [-0.25, -0.2) is 18.9 Å². The van der Waals surface area contributed by atoms with Crippen LogP contribution in [0.3, 0.4) is 0 Å². The predicted octanol–water partition coefficient (Wildman–Crippen LogP) is 5.51. The number of imidazole rings is 1. The topological polar surface area (TPSA) is 79.1 Å². The first-order valence-electron chi connectivity index (χ1n) is 15.1. The number of nitrogens with zero attached hydrogens (tertiary/aromatic N) is 7. The first-order chi connectivity index (χ1) is 20.5. The Balaban J connectivity index is 1.20. The van der Waals surface area contributed by atoms with Gasteiger partial charge in [0.05, 0.1) is 23.5 Å². The molecule has 1 aromatic carbocycles. The van der Waals surface area contributed by atoms with Gasteiger partial charge in [0.25, 0.3) is 5.91 Å². The average molecular weight is 586 g/mol. The number of aromatic nitrogens is 4. The molecule has 2 saturated heterocycles. The minimum atomic E-state index is -0.889. The Kier molecular flexibility index (Phi) is 7.58. The summed E-state index contributed by atoms with van der Waals surface area (Å²) in [5, 5.41) is 4.99. The SMILES string of the molecule is CC(C)(C)OC(C)(C)C(=O)N1CCN(c2cccc(-c3cnc4ccc(N5CCCC5c5cccc(F)c5)nn34)n2)CC1. The van der Waals surface area contributed by atoms with Crippen molar-refractivity contribution >= 4 is 23.2 Å². The molecule has 6 rings (SSSR count). The van der Waals surface area contributed by atoms with Gasteiger partial charge in [0.15, 0.2) is 5.65 Å². The van der Waals surface area contributed by atoms with Crippen LogP contribution < -0.4 is 9.80 Å². The third-order valence-electron chi connectivity index (χ3n) is 8.09. The second-order valence-electron chi connectivity index (χ2n) is 12.9. The van der Waals surface area contributed by atoms with Crippen molar-refractivity contribution in [3.05, 3.63) is 72.2 Å². The van der Waals surface area contributed by atoms with E-state index in [1.807, 2.05) is 80.4 Å². The lowest BCUT2D eigenvalue weighted by atomic mass is 10.0. The van der Waals surface area contributed by atoms with E-state index in [9.17, 15) is 9.18 Å². The van der Waals surface area contributed by atoms with Crippen molar-refractivity contribution < 1.29 is 13.9 Å². The van der Waals surface area contributed by atoms with Crippen molar-refractivity contribution in [1.29, 1.82) is 0 Å². The Hall–Kier alpha value is -4.05. The molecule has 9 nitrogen and oxygen atoms in total. The summed E-state index contributed by atoms with van der Waals surface area (Å²) in [5.74, 6) is 1.47. The molecule has 0 spiro atoms. The number of piperazine rings is 1. The van der Waals surface area contributed by atoms with E-state index in [1.165, 1.54) is 6.07 Å². The van der Waals surface area contributed by atoms with Crippen molar-refractivity contribution in [3.8, 4) is 11.4 Å². The van der Waals surface area contributed by atoms with Gasteiger partial charge in [-0.15, -0.1) is 5.10 Å². The lowest BCUT2D eigenvalue weighted by Gasteiger charge is -2.40. The van der Waals surface area contributed by atoms with Gasteiger partial charge < -0.3 is 19.4 Å². The molecule has 226 valence electrons. The van der Waals surface area contributed by atoms with Gasteiger partial charge in [0, 0.05) is 32.7 Å². The molecule has 43 heavy (non-hydrogen) atoms. The second-order valence-corrected chi connectivity index (χ2v) is 12.9. The molecular formula is C33H40FN7O2. The Labute approximate surface area is 252 Å². The van der Waals surface area contributed by atoms with E-state index in [4.69, 9.17) is 14.8 Å². The normalized spacial score (nSPS) is 18.1. The molecule has 0 saturated carbocycles. The minimum absolute atomic E-state index is 0.00836. The number of ether oxygens (including phenoxy) is 1. The van der Waals surface area contributed by atoms with Crippen molar-refractivity contribution in [2.45, 2.75) is 64.7 Å². The summed E-state index contributed by atoms with van der Waals surface area (Å²) in [7, 11) is 0. The lowest BCUT2D eigenvalue weighted by molar-refractivity contribution is -0.170. The van der Waals surface area contributed by atoms with Gasteiger partial charge in [-0.2, -0.15) is 0 Å². The van der Waals surface area contributed by atoms with Crippen LogP contribution >= 0.6 is 0 Å². The number of carbonyl (C=O) groups is 1. The highest BCUT2D eigenvalue weighted by molar-refractivity contribution is 5.84. The standard InChI is InChI=1S/C33H40FN7O2/c1-32(2,3)43-33(4,5)31(42)39-19-17-38(18-20-39)29-13-7-11-25(36-29)27-22-35-28-14-15-30(37-41(27)28)40-16-8-12-26(40)23-9-6-10-24(34)21-23/h6-7,9-11,13-15,21-22,26H,8,12,16-20H2,1-5H3. The smallest absolute Gasteiger partial charge is 0.254 e. The van der Waals surface area contributed by atoms with Gasteiger partial charge in [0.1, 0.15) is 28.7 Å². The Morgan fingerprint density at radius 1 is 0.930 bits per heavy atom. The monoisotopic (exact) mass is 585 g/mol. The zero-order valence-electron chi connectivity index (χ0n) is 25.6. The van der Waals surface area contributed by atoms with Gasteiger partial charge >= 0.3 is 0 Å². The van der Waals surface area contributed by atoms with E-state index in [2.05, 4.69) is 14.8 Å². The Morgan fingerprint density at radius 3 is 2.44 bits per heavy atom. The Morgan fingerprint density at radius 2 is 1.70 bits per heavy atom. The first-order valence-corrected chi connectivity index (χ1v) is 15.1. The molecule has 0 bridgehead atoms. The number of benzene rings is 1. The first kappa shape index (κ1) is 29.0. The highest BCUT2D eigenvalue weighted by atomic mass is 19.1. The number of pyridine rings is 1. The molecule has 1 unspecified atom stereocenters. The summed E-state index contributed by atoms with van der Waals surface area (Å²) < 4.78 is 21.9. The van der Waals surface area contributed by atoms with Gasteiger partial charge in [-0.3, -0.25) is 4.79 Å². The lowest BCUT2D eigenvalue weighted by Crippen LogP contribution is -2.56. The summed E-state index contributed by atoms with van der Waals surface area (Å²) in [6.07, 6.45) is 3.77. The van der Waals surface area contributed by atoms with E-state index < -0.39 is 11.2 Å². The molecule has 2 aliphatic heterocycles. The number of hydrogen-bond acceptors (Lipinski definition) is 7. The molecule has 3 aromatic heterocycles. The third kappa shape index (κ3) is 6.06.